The Labute approximate surface area is 90.5 Å². The number of hydrogen-bond donors (Lipinski definition) is 1. The Kier molecular flexibility index (Phi) is 3.24. The van der Waals surface area contributed by atoms with Crippen molar-refractivity contribution in [2.45, 2.75) is 45.1 Å². The third-order valence-electron chi connectivity index (χ3n) is 3.05. The Morgan fingerprint density at radius 3 is 3.00 bits per heavy atom. The maximum absolute atomic E-state index is 3.57. The molecule has 14 heavy (non-hydrogen) atoms. The third kappa shape index (κ3) is 2.37. The summed E-state index contributed by atoms with van der Waals surface area (Å²) in [7, 11) is 0. The van der Waals surface area contributed by atoms with Crippen LogP contribution >= 0.6 is 11.3 Å². The van der Waals surface area contributed by atoms with Gasteiger partial charge in [-0.3, -0.25) is 0 Å². The lowest BCUT2D eigenvalue weighted by Gasteiger charge is -2.15. The molecule has 2 heterocycles. The zero-order valence-corrected chi connectivity index (χ0v) is 9.86. The molecule has 1 aliphatic heterocycles. The fourth-order valence-electron chi connectivity index (χ4n) is 2.22. The van der Waals surface area contributed by atoms with Crippen LogP contribution in [0.2, 0.25) is 0 Å². The topological polar surface area (TPSA) is 12.0 Å². The van der Waals surface area contributed by atoms with E-state index in [1.165, 1.54) is 30.7 Å². The molecule has 78 valence electrons. The fraction of sp³-hybridized carbons (Fsp3) is 0.667. The molecule has 1 aliphatic rings. The quantitative estimate of drug-likeness (QED) is 0.805. The predicted octanol–water partition coefficient (Wildman–Crippen LogP) is 3.30. The molecule has 1 nitrogen and oxygen atoms in total. The first-order chi connectivity index (χ1) is 6.75. The standard InChI is InChI=1S/C12H19NS/c1-9(8-11-4-3-7-13-11)12-6-5-10(2)14-12/h5-6,9,11,13H,3-4,7-8H2,1-2H3. The van der Waals surface area contributed by atoms with Crippen molar-refractivity contribution in [3.8, 4) is 0 Å². The van der Waals surface area contributed by atoms with Gasteiger partial charge in [0.2, 0.25) is 0 Å². The molecule has 2 heteroatoms. The van der Waals surface area contributed by atoms with Crippen molar-refractivity contribution in [3.63, 3.8) is 0 Å². The summed E-state index contributed by atoms with van der Waals surface area (Å²) in [5, 5.41) is 3.57. The van der Waals surface area contributed by atoms with Crippen molar-refractivity contribution in [1.29, 1.82) is 0 Å². The monoisotopic (exact) mass is 209 g/mol. The smallest absolute Gasteiger partial charge is 0.00768 e. The Morgan fingerprint density at radius 1 is 1.57 bits per heavy atom. The molecule has 2 atom stereocenters. The largest absolute Gasteiger partial charge is 0.314 e. The maximum atomic E-state index is 3.57. The average molecular weight is 209 g/mol. The van der Waals surface area contributed by atoms with Crippen LogP contribution in [0.4, 0.5) is 0 Å². The number of rotatable bonds is 3. The van der Waals surface area contributed by atoms with Crippen molar-refractivity contribution < 1.29 is 0 Å². The van der Waals surface area contributed by atoms with Crippen LogP contribution in [-0.4, -0.2) is 12.6 Å². The summed E-state index contributed by atoms with van der Waals surface area (Å²) in [5.41, 5.74) is 0. The second-order valence-corrected chi connectivity index (χ2v) is 5.70. The second-order valence-electron chi connectivity index (χ2n) is 4.38. The summed E-state index contributed by atoms with van der Waals surface area (Å²) in [4.78, 5) is 2.99. The molecule has 0 aliphatic carbocycles. The van der Waals surface area contributed by atoms with Crippen molar-refractivity contribution >= 4 is 11.3 Å². The minimum Gasteiger partial charge on any atom is -0.314 e. The Morgan fingerprint density at radius 2 is 2.43 bits per heavy atom. The van der Waals surface area contributed by atoms with E-state index in [0.717, 1.165) is 12.0 Å². The fourth-order valence-corrected chi connectivity index (χ4v) is 3.16. The number of hydrogen-bond acceptors (Lipinski definition) is 2. The number of nitrogens with one attached hydrogen (secondary N) is 1. The van der Waals surface area contributed by atoms with Gasteiger partial charge in [-0.05, 0) is 50.8 Å². The molecule has 1 aromatic rings. The zero-order chi connectivity index (χ0) is 9.97. The van der Waals surface area contributed by atoms with Gasteiger partial charge in [-0.2, -0.15) is 0 Å². The molecule has 0 aromatic carbocycles. The summed E-state index contributed by atoms with van der Waals surface area (Å²) in [6.45, 7) is 5.76. The summed E-state index contributed by atoms with van der Waals surface area (Å²) in [6, 6.07) is 5.30. The molecule has 2 rings (SSSR count). The maximum Gasteiger partial charge on any atom is 0.00768 e. The van der Waals surface area contributed by atoms with Gasteiger partial charge in [0, 0.05) is 15.8 Å². The van der Waals surface area contributed by atoms with E-state index >= 15 is 0 Å². The van der Waals surface area contributed by atoms with Crippen molar-refractivity contribution in [2.75, 3.05) is 6.54 Å². The highest BCUT2D eigenvalue weighted by atomic mass is 32.1. The molecule has 0 saturated carbocycles. The van der Waals surface area contributed by atoms with Gasteiger partial charge < -0.3 is 5.32 Å². The highest BCUT2D eigenvalue weighted by Gasteiger charge is 2.18. The van der Waals surface area contributed by atoms with Crippen LogP contribution in [0.3, 0.4) is 0 Å². The highest BCUT2D eigenvalue weighted by Crippen LogP contribution is 2.29. The van der Waals surface area contributed by atoms with Crippen LogP contribution in [-0.2, 0) is 0 Å². The molecule has 1 fully saturated rings. The molecule has 0 spiro atoms. The molecular formula is C12H19NS. The Bertz CT molecular complexity index is 286. The van der Waals surface area contributed by atoms with Gasteiger partial charge in [-0.1, -0.05) is 6.92 Å². The van der Waals surface area contributed by atoms with Gasteiger partial charge in [0.15, 0.2) is 0 Å². The van der Waals surface area contributed by atoms with E-state index < -0.39 is 0 Å². The van der Waals surface area contributed by atoms with Crippen molar-refractivity contribution in [1.82, 2.24) is 5.32 Å². The van der Waals surface area contributed by atoms with E-state index in [0.29, 0.717) is 0 Å². The predicted molar refractivity (Wildman–Crippen MR) is 63.1 cm³/mol. The normalized spacial score (nSPS) is 24.0. The first-order valence-electron chi connectivity index (χ1n) is 5.55. The summed E-state index contributed by atoms with van der Waals surface area (Å²) in [5.74, 6) is 0.726. The van der Waals surface area contributed by atoms with E-state index in [-0.39, 0.29) is 0 Å². The van der Waals surface area contributed by atoms with Crippen LogP contribution in [0.5, 0.6) is 0 Å². The minimum atomic E-state index is 0.726. The SMILES string of the molecule is Cc1ccc(C(C)CC2CCCN2)s1. The number of thiophene rings is 1. The van der Waals surface area contributed by atoms with E-state index in [1.807, 2.05) is 11.3 Å². The lowest BCUT2D eigenvalue weighted by atomic mass is 9.99. The van der Waals surface area contributed by atoms with Crippen LogP contribution in [0.1, 0.15) is 41.9 Å². The zero-order valence-electron chi connectivity index (χ0n) is 9.05. The van der Waals surface area contributed by atoms with E-state index in [9.17, 15) is 0 Å². The lowest BCUT2D eigenvalue weighted by molar-refractivity contribution is 0.514. The summed E-state index contributed by atoms with van der Waals surface area (Å²) in [6.07, 6.45) is 4.04. The molecular weight excluding hydrogens is 190 g/mol. The molecule has 1 saturated heterocycles. The van der Waals surface area contributed by atoms with Crippen LogP contribution in [0.25, 0.3) is 0 Å². The lowest BCUT2D eigenvalue weighted by Crippen LogP contribution is -2.22. The highest BCUT2D eigenvalue weighted by molar-refractivity contribution is 7.12. The van der Waals surface area contributed by atoms with Gasteiger partial charge in [0.25, 0.3) is 0 Å². The molecule has 1 aromatic heterocycles. The van der Waals surface area contributed by atoms with E-state index in [1.54, 1.807) is 4.88 Å². The average Bonchev–Trinajstić information content (AvgIpc) is 2.75. The molecule has 0 amide bonds. The molecule has 1 N–H and O–H groups in total. The van der Waals surface area contributed by atoms with Gasteiger partial charge >= 0.3 is 0 Å². The van der Waals surface area contributed by atoms with E-state index in [4.69, 9.17) is 0 Å². The Hall–Kier alpha value is -0.340. The van der Waals surface area contributed by atoms with Gasteiger partial charge in [-0.15, -0.1) is 11.3 Å². The first-order valence-corrected chi connectivity index (χ1v) is 6.37. The Balaban J connectivity index is 1.91. The van der Waals surface area contributed by atoms with Crippen LogP contribution in [0.15, 0.2) is 12.1 Å². The molecule has 0 radical (unpaired) electrons. The molecule has 2 unspecified atom stereocenters. The first kappa shape index (κ1) is 10.2. The van der Waals surface area contributed by atoms with Crippen molar-refractivity contribution in [2.24, 2.45) is 0 Å². The minimum absolute atomic E-state index is 0.726. The third-order valence-corrected chi connectivity index (χ3v) is 4.28. The van der Waals surface area contributed by atoms with Crippen molar-refractivity contribution in [3.05, 3.63) is 21.9 Å². The van der Waals surface area contributed by atoms with Gasteiger partial charge in [0.05, 0.1) is 0 Å². The van der Waals surface area contributed by atoms with Crippen LogP contribution < -0.4 is 5.32 Å². The van der Waals surface area contributed by atoms with E-state index in [2.05, 4.69) is 31.3 Å². The molecule has 0 bridgehead atoms. The van der Waals surface area contributed by atoms with Gasteiger partial charge in [0.1, 0.15) is 0 Å². The second kappa shape index (κ2) is 4.45. The van der Waals surface area contributed by atoms with Gasteiger partial charge in [-0.25, -0.2) is 0 Å². The van der Waals surface area contributed by atoms with Crippen LogP contribution in [0, 0.1) is 6.92 Å². The number of aryl methyl sites for hydroxylation is 1. The summed E-state index contributed by atoms with van der Waals surface area (Å²) < 4.78 is 0. The summed E-state index contributed by atoms with van der Waals surface area (Å²) >= 11 is 1.95.